The summed E-state index contributed by atoms with van der Waals surface area (Å²) in [6, 6.07) is 0. The molecule has 0 aliphatic rings. The van der Waals surface area contributed by atoms with Gasteiger partial charge in [-0.1, -0.05) is 0 Å². The summed E-state index contributed by atoms with van der Waals surface area (Å²) in [4.78, 5) is 11.9. The van der Waals surface area contributed by atoms with Crippen LogP contribution < -0.4 is 0 Å². The molecule has 0 heterocycles. The fourth-order valence-corrected chi connectivity index (χ4v) is 0.520. The molecule has 0 aromatic rings. The number of rotatable bonds is 5. The van der Waals surface area contributed by atoms with E-state index in [1.54, 1.807) is 25.2 Å². The van der Waals surface area contributed by atoms with Crippen LogP contribution in [0.5, 0.6) is 0 Å². The first kappa shape index (κ1) is 9.97. The van der Waals surface area contributed by atoms with Crippen LogP contribution in [0, 0.1) is 0 Å². The lowest BCUT2D eigenvalue weighted by Gasteiger charge is -2.07. The Morgan fingerprint density at radius 2 is 2.27 bits per heavy atom. The minimum atomic E-state index is -0.0847. The van der Waals surface area contributed by atoms with E-state index in [1.807, 2.05) is 0 Å². The van der Waals surface area contributed by atoms with E-state index in [0.717, 1.165) is 0 Å². The van der Waals surface area contributed by atoms with Crippen molar-refractivity contribution in [2.24, 2.45) is 0 Å². The van der Waals surface area contributed by atoms with Gasteiger partial charge in [0.25, 0.3) is 0 Å². The maximum atomic E-state index is 10.2. The summed E-state index contributed by atoms with van der Waals surface area (Å²) >= 11 is 0. The van der Waals surface area contributed by atoms with E-state index in [4.69, 9.17) is 9.84 Å². The van der Waals surface area contributed by atoms with E-state index in [2.05, 4.69) is 0 Å². The molecule has 1 N–H and O–H groups in total. The van der Waals surface area contributed by atoms with Gasteiger partial charge in [0.2, 0.25) is 0 Å². The second-order valence-electron chi connectivity index (χ2n) is 2.18. The Hall–Kier alpha value is -1.03. The van der Waals surface area contributed by atoms with E-state index >= 15 is 0 Å². The molecule has 0 aromatic carbocycles. The lowest BCUT2D eigenvalue weighted by Crippen LogP contribution is -2.07. The standard InChI is InChI=1S/C7H13NO3/c1-8(2)5-7(6-10)11-4-3-9/h5-6,9H,3-4H2,1-2H3/b7-5-. The van der Waals surface area contributed by atoms with Crippen molar-refractivity contribution in [1.82, 2.24) is 4.90 Å². The molecule has 0 fully saturated rings. The Morgan fingerprint density at radius 1 is 1.64 bits per heavy atom. The van der Waals surface area contributed by atoms with E-state index in [9.17, 15) is 4.79 Å². The van der Waals surface area contributed by atoms with Gasteiger partial charge in [0.1, 0.15) is 6.61 Å². The number of aliphatic hydroxyl groups excluding tert-OH is 1. The van der Waals surface area contributed by atoms with Crippen LogP contribution in [0.3, 0.4) is 0 Å². The SMILES string of the molecule is CN(C)/C=C(/C=O)OCCO. The van der Waals surface area contributed by atoms with Crippen molar-refractivity contribution >= 4 is 6.29 Å². The average molecular weight is 159 g/mol. The van der Waals surface area contributed by atoms with Crippen LogP contribution in [-0.2, 0) is 9.53 Å². The van der Waals surface area contributed by atoms with Crippen LogP contribution in [0.1, 0.15) is 0 Å². The monoisotopic (exact) mass is 159 g/mol. The van der Waals surface area contributed by atoms with Gasteiger partial charge in [-0.3, -0.25) is 4.79 Å². The van der Waals surface area contributed by atoms with Gasteiger partial charge >= 0.3 is 0 Å². The van der Waals surface area contributed by atoms with Gasteiger partial charge in [-0.2, -0.15) is 0 Å². The molecule has 0 aliphatic heterocycles. The highest BCUT2D eigenvalue weighted by Gasteiger charge is 1.94. The second-order valence-corrected chi connectivity index (χ2v) is 2.18. The first-order chi connectivity index (χ1) is 5.20. The number of carbonyl (C=O) groups excluding carboxylic acids is 1. The van der Waals surface area contributed by atoms with E-state index in [1.165, 1.54) is 0 Å². The summed E-state index contributed by atoms with van der Waals surface area (Å²) < 4.78 is 4.85. The summed E-state index contributed by atoms with van der Waals surface area (Å²) in [5.74, 6) is 0.226. The molecule has 0 amide bonds. The quantitative estimate of drug-likeness (QED) is 0.337. The number of hydrogen-bond acceptors (Lipinski definition) is 4. The first-order valence-electron chi connectivity index (χ1n) is 3.27. The summed E-state index contributed by atoms with van der Waals surface area (Å²) in [5, 5.41) is 8.36. The van der Waals surface area contributed by atoms with Gasteiger partial charge in [0.15, 0.2) is 12.0 Å². The van der Waals surface area contributed by atoms with E-state index in [0.29, 0.717) is 6.29 Å². The zero-order chi connectivity index (χ0) is 8.69. The van der Waals surface area contributed by atoms with E-state index < -0.39 is 0 Å². The topological polar surface area (TPSA) is 49.8 Å². The van der Waals surface area contributed by atoms with Gasteiger partial charge in [-0.05, 0) is 0 Å². The number of ether oxygens (including phenoxy) is 1. The molecule has 0 bridgehead atoms. The molecule has 0 radical (unpaired) electrons. The van der Waals surface area contributed by atoms with Gasteiger partial charge < -0.3 is 14.7 Å². The second kappa shape index (κ2) is 5.73. The predicted octanol–water partition coefficient (Wildman–Crippen LogP) is -0.403. The maximum absolute atomic E-state index is 10.2. The third kappa shape index (κ3) is 5.42. The molecule has 0 aliphatic carbocycles. The van der Waals surface area contributed by atoms with Gasteiger partial charge in [0, 0.05) is 20.3 Å². The van der Waals surface area contributed by atoms with Gasteiger partial charge in [0.05, 0.1) is 6.61 Å². The minimum Gasteiger partial charge on any atom is -0.486 e. The number of allylic oxidation sites excluding steroid dienone is 1. The van der Waals surface area contributed by atoms with Crippen LogP contribution in [0.4, 0.5) is 0 Å². The summed E-state index contributed by atoms with van der Waals surface area (Å²) in [5.41, 5.74) is 0. The fourth-order valence-electron chi connectivity index (χ4n) is 0.520. The van der Waals surface area contributed by atoms with Crippen LogP contribution >= 0.6 is 0 Å². The number of aldehydes is 1. The maximum Gasteiger partial charge on any atom is 0.186 e. The minimum absolute atomic E-state index is 0.0847. The summed E-state index contributed by atoms with van der Waals surface area (Å²) in [6.45, 7) is 0.0665. The Bertz CT molecular complexity index is 143. The molecule has 0 aromatic heterocycles. The molecule has 0 atom stereocenters. The molecule has 11 heavy (non-hydrogen) atoms. The molecule has 0 unspecified atom stereocenters. The van der Waals surface area contributed by atoms with Crippen molar-refractivity contribution in [2.75, 3.05) is 27.3 Å². The molecule has 4 nitrogen and oxygen atoms in total. The highest BCUT2D eigenvalue weighted by Crippen LogP contribution is 1.93. The normalized spacial score (nSPS) is 11.0. The molecular formula is C7H13NO3. The van der Waals surface area contributed by atoms with Crippen molar-refractivity contribution in [2.45, 2.75) is 0 Å². The first-order valence-corrected chi connectivity index (χ1v) is 3.27. The molecule has 0 spiro atoms. The van der Waals surface area contributed by atoms with Gasteiger partial charge in [-0.15, -0.1) is 0 Å². The largest absolute Gasteiger partial charge is 0.486 e. The highest BCUT2D eigenvalue weighted by atomic mass is 16.5. The number of nitrogens with zero attached hydrogens (tertiary/aromatic N) is 1. The van der Waals surface area contributed by atoms with Crippen molar-refractivity contribution in [3.8, 4) is 0 Å². The lowest BCUT2D eigenvalue weighted by atomic mass is 10.5. The predicted molar refractivity (Wildman–Crippen MR) is 40.9 cm³/mol. The third-order valence-electron chi connectivity index (χ3n) is 0.862. The molecule has 0 rings (SSSR count). The van der Waals surface area contributed by atoms with Crippen LogP contribution in [0.15, 0.2) is 12.0 Å². The molecule has 64 valence electrons. The fraction of sp³-hybridized carbons (Fsp3) is 0.571. The Labute approximate surface area is 66.1 Å². The molecule has 0 saturated heterocycles. The highest BCUT2D eigenvalue weighted by molar-refractivity contribution is 5.69. The summed E-state index contributed by atoms with van der Waals surface area (Å²) in [6.07, 6.45) is 2.15. The number of aliphatic hydroxyl groups is 1. The van der Waals surface area contributed by atoms with Crippen molar-refractivity contribution in [3.05, 3.63) is 12.0 Å². The van der Waals surface area contributed by atoms with E-state index in [-0.39, 0.29) is 19.0 Å². The average Bonchev–Trinajstić information content (AvgIpc) is 1.97. The number of carbonyl (C=O) groups is 1. The number of hydrogen-bond donors (Lipinski definition) is 1. The zero-order valence-corrected chi connectivity index (χ0v) is 6.78. The molecule has 4 heteroatoms. The third-order valence-corrected chi connectivity index (χ3v) is 0.862. The van der Waals surface area contributed by atoms with Gasteiger partial charge in [-0.25, -0.2) is 0 Å². The summed E-state index contributed by atoms with van der Waals surface area (Å²) in [7, 11) is 3.57. The van der Waals surface area contributed by atoms with Crippen LogP contribution in [-0.4, -0.2) is 43.6 Å². The van der Waals surface area contributed by atoms with Crippen LogP contribution in [0.2, 0.25) is 0 Å². The van der Waals surface area contributed by atoms with Crippen molar-refractivity contribution in [1.29, 1.82) is 0 Å². The van der Waals surface area contributed by atoms with Crippen LogP contribution in [0.25, 0.3) is 0 Å². The van der Waals surface area contributed by atoms with Crippen molar-refractivity contribution < 1.29 is 14.6 Å². The Kier molecular flexibility index (Phi) is 5.20. The molecular weight excluding hydrogens is 146 g/mol. The van der Waals surface area contributed by atoms with Crippen molar-refractivity contribution in [3.63, 3.8) is 0 Å². The zero-order valence-electron chi connectivity index (χ0n) is 6.78. The lowest BCUT2D eigenvalue weighted by molar-refractivity contribution is -0.108. The smallest absolute Gasteiger partial charge is 0.186 e. The Balaban J connectivity index is 3.84. The Morgan fingerprint density at radius 3 is 2.64 bits per heavy atom. The molecule has 0 saturated carbocycles.